The molecular weight excluding hydrogens is 168 g/mol. The number of carbonyl (C=O) groups is 1. The third kappa shape index (κ3) is 2.34. The van der Waals surface area contributed by atoms with E-state index < -0.39 is 0 Å². The fourth-order valence-corrected chi connectivity index (χ4v) is 1.50. The van der Waals surface area contributed by atoms with Crippen LogP contribution in [0.3, 0.4) is 0 Å². The van der Waals surface area contributed by atoms with Gasteiger partial charge in [-0.3, -0.25) is 0 Å². The average molecular weight is 186 g/mol. The lowest BCUT2D eigenvalue weighted by Crippen LogP contribution is -2.34. The summed E-state index contributed by atoms with van der Waals surface area (Å²) in [7, 11) is 5.86. The van der Waals surface area contributed by atoms with Crippen LogP contribution in [-0.4, -0.2) is 55.7 Å². The molecule has 0 bridgehead atoms. The first kappa shape index (κ1) is 10.3. The van der Waals surface area contributed by atoms with Crippen LogP contribution in [0.25, 0.3) is 0 Å². The maximum absolute atomic E-state index is 11.3. The molecule has 0 aromatic heterocycles. The highest BCUT2D eigenvalue weighted by atomic mass is 16.6. The number of carbonyl (C=O) groups excluding carboxylic acids is 1. The Morgan fingerprint density at radius 3 is 2.38 bits per heavy atom. The van der Waals surface area contributed by atoms with Crippen molar-refractivity contribution in [1.29, 1.82) is 0 Å². The zero-order valence-electron chi connectivity index (χ0n) is 8.78. The van der Waals surface area contributed by atoms with Crippen molar-refractivity contribution in [2.75, 3.05) is 27.7 Å². The fourth-order valence-electron chi connectivity index (χ4n) is 1.50. The Hall–Kier alpha value is -0.770. The van der Waals surface area contributed by atoms with Gasteiger partial charge in [0.15, 0.2) is 0 Å². The molecule has 0 spiro atoms. The lowest BCUT2D eigenvalue weighted by molar-refractivity contribution is 0.111. The minimum absolute atomic E-state index is 0.211. The molecule has 1 amide bonds. The maximum atomic E-state index is 11.3. The number of rotatable bonds is 3. The quantitative estimate of drug-likeness (QED) is 0.653. The monoisotopic (exact) mass is 186 g/mol. The van der Waals surface area contributed by atoms with Gasteiger partial charge in [-0.1, -0.05) is 0 Å². The predicted molar refractivity (Wildman–Crippen MR) is 50.7 cm³/mol. The minimum atomic E-state index is -0.211. The predicted octanol–water partition coefficient (Wildman–Crippen LogP) is 0.777. The Labute approximate surface area is 79.4 Å². The molecule has 0 aromatic rings. The van der Waals surface area contributed by atoms with E-state index in [2.05, 4.69) is 4.90 Å². The smallest absolute Gasteiger partial charge is 0.409 e. The van der Waals surface area contributed by atoms with Gasteiger partial charge < -0.3 is 14.5 Å². The number of hydrogen-bond acceptors (Lipinski definition) is 3. The summed E-state index contributed by atoms with van der Waals surface area (Å²) in [6.07, 6.45) is 0.847. The van der Waals surface area contributed by atoms with Crippen LogP contribution in [0.5, 0.6) is 0 Å². The van der Waals surface area contributed by atoms with Crippen LogP contribution < -0.4 is 0 Å². The number of nitrogens with zero attached hydrogens (tertiary/aromatic N) is 2. The van der Waals surface area contributed by atoms with Crippen molar-refractivity contribution >= 4 is 6.09 Å². The normalized spacial score (nSPS) is 25.9. The van der Waals surface area contributed by atoms with Crippen LogP contribution in [0.1, 0.15) is 13.3 Å². The molecule has 0 N–H and O–H groups in total. The molecule has 0 heterocycles. The van der Waals surface area contributed by atoms with Gasteiger partial charge in [-0.25, -0.2) is 4.79 Å². The first-order chi connectivity index (χ1) is 6.07. The third-order valence-corrected chi connectivity index (χ3v) is 2.44. The molecule has 1 aliphatic carbocycles. The van der Waals surface area contributed by atoms with E-state index in [9.17, 15) is 4.79 Å². The van der Waals surface area contributed by atoms with Crippen molar-refractivity contribution in [2.24, 2.45) is 0 Å². The van der Waals surface area contributed by atoms with Crippen LogP contribution in [-0.2, 0) is 4.74 Å². The van der Waals surface area contributed by atoms with E-state index in [1.165, 1.54) is 0 Å². The third-order valence-electron chi connectivity index (χ3n) is 2.44. The van der Waals surface area contributed by atoms with E-state index in [0.29, 0.717) is 18.7 Å². The van der Waals surface area contributed by atoms with Gasteiger partial charge in [0.25, 0.3) is 0 Å². The van der Waals surface area contributed by atoms with E-state index >= 15 is 0 Å². The second kappa shape index (κ2) is 3.96. The molecule has 0 radical (unpaired) electrons. The molecule has 4 nitrogen and oxygen atoms in total. The second-order valence-electron chi connectivity index (χ2n) is 3.64. The van der Waals surface area contributed by atoms with Crippen LogP contribution in [0, 0.1) is 0 Å². The summed E-state index contributed by atoms with van der Waals surface area (Å²) in [4.78, 5) is 15.1. The zero-order chi connectivity index (χ0) is 10.0. The van der Waals surface area contributed by atoms with Crippen molar-refractivity contribution < 1.29 is 9.53 Å². The van der Waals surface area contributed by atoms with E-state index in [0.717, 1.165) is 6.42 Å². The van der Waals surface area contributed by atoms with Crippen molar-refractivity contribution in [2.45, 2.75) is 25.4 Å². The number of ether oxygens (including phenoxy) is 1. The lowest BCUT2D eigenvalue weighted by Gasteiger charge is -2.18. The molecule has 0 aromatic carbocycles. The van der Waals surface area contributed by atoms with Gasteiger partial charge in [-0.15, -0.1) is 0 Å². The summed E-state index contributed by atoms with van der Waals surface area (Å²) in [5.41, 5.74) is 0. The molecule has 0 aliphatic heterocycles. The standard InChI is InChI=1S/C9H18N2O2/c1-5-13-9(12)11(4)8-6-7(8)10(2)3/h7-8H,5-6H2,1-4H3. The Morgan fingerprint density at radius 2 is 2.00 bits per heavy atom. The highest BCUT2D eigenvalue weighted by Gasteiger charge is 2.44. The van der Waals surface area contributed by atoms with Gasteiger partial charge in [0.2, 0.25) is 0 Å². The fraction of sp³-hybridized carbons (Fsp3) is 0.889. The molecule has 2 unspecified atom stereocenters. The summed E-state index contributed by atoms with van der Waals surface area (Å²) in [6.45, 7) is 2.27. The first-order valence-electron chi connectivity index (χ1n) is 4.64. The first-order valence-corrected chi connectivity index (χ1v) is 4.64. The summed E-state index contributed by atoms with van der Waals surface area (Å²) in [6, 6.07) is 0.850. The highest BCUT2D eigenvalue weighted by Crippen LogP contribution is 2.30. The van der Waals surface area contributed by atoms with Gasteiger partial charge >= 0.3 is 6.09 Å². The molecular formula is C9H18N2O2. The Balaban J connectivity index is 2.34. The van der Waals surface area contributed by atoms with Crippen molar-refractivity contribution in [1.82, 2.24) is 9.80 Å². The average Bonchev–Trinajstić information content (AvgIpc) is 2.82. The number of likely N-dealkylation sites (N-methyl/N-ethyl adjacent to an activating group) is 2. The largest absolute Gasteiger partial charge is 0.450 e. The van der Waals surface area contributed by atoms with Crippen LogP contribution in [0.4, 0.5) is 4.79 Å². The molecule has 1 rings (SSSR count). The molecule has 4 heteroatoms. The molecule has 0 saturated heterocycles. The molecule has 76 valence electrons. The molecule has 2 atom stereocenters. The van der Waals surface area contributed by atoms with E-state index in [1.54, 1.807) is 11.9 Å². The van der Waals surface area contributed by atoms with Gasteiger partial charge in [0, 0.05) is 13.1 Å². The van der Waals surface area contributed by atoms with E-state index in [-0.39, 0.29) is 6.09 Å². The van der Waals surface area contributed by atoms with Gasteiger partial charge in [0.1, 0.15) is 0 Å². The zero-order valence-corrected chi connectivity index (χ0v) is 8.78. The van der Waals surface area contributed by atoms with Crippen molar-refractivity contribution in [3.8, 4) is 0 Å². The van der Waals surface area contributed by atoms with Crippen LogP contribution in [0.2, 0.25) is 0 Å². The van der Waals surface area contributed by atoms with E-state index in [4.69, 9.17) is 4.74 Å². The summed E-state index contributed by atoms with van der Waals surface area (Å²) in [5.74, 6) is 0. The van der Waals surface area contributed by atoms with Crippen molar-refractivity contribution in [3.05, 3.63) is 0 Å². The van der Waals surface area contributed by atoms with Gasteiger partial charge in [-0.2, -0.15) is 0 Å². The van der Waals surface area contributed by atoms with Gasteiger partial charge in [0.05, 0.1) is 12.6 Å². The van der Waals surface area contributed by atoms with Crippen molar-refractivity contribution in [3.63, 3.8) is 0 Å². The molecule has 13 heavy (non-hydrogen) atoms. The molecule has 1 aliphatic rings. The summed E-state index contributed by atoms with van der Waals surface area (Å²) < 4.78 is 4.90. The van der Waals surface area contributed by atoms with Gasteiger partial charge in [-0.05, 0) is 27.4 Å². The Kier molecular flexibility index (Phi) is 3.14. The number of amides is 1. The van der Waals surface area contributed by atoms with Crippen LogP contribution in [0.15, 0.2) is 0 Å². The minimum Gasteiger partial charge on any atom is -0.450 e. The maximum Gasteiger partial charge on any atom is 0.409 e. The SMILES string of the molecule is CCOC(=O)N(C)C1CC1N(C)C. The molecule has 1 saturated carbocycles. The van der Waals surface area contributed by atoms with E-state index in [1.807, 2.05) is 21.0 Å². The molecule has 1 fully saturated rings. The summed E-state index contributed by atoms with van der Waals surface area (Å²) >= 11 is 0. The second-order valence-corrected chi connectivity index (χ2v) is 3.64. The number of hydrogen-bond donors (Lipinski definition) is 0. The van der Waals surface area contributed by atoms with Crippen LogP contribution >= 0.6 is 0 Å². The topological polar surface area (TPSA) is 32.8 Å². The summed E-state index contributed by atoms with van der Waals surface area (Å²) in [5, 5.41) is 0. The lowest BCUT2D eigenvalue weighted by atomic mass is 10.5. The Morgan fingerprint density at radius 1 is 1.38 bits per heavy atom. The highest BCUT2D eigenvalue weighted by molar-refractivity contribution is 5.68. The Bertz CT molecular complexity index is 194.